The maximum atomic E-state index is 12.1. The number of amides is 1. The van der Waals surface area contributed by atoms with E-state index in [1.807, 2.05) is 13.0 Å². The molecule has 0 saturated heterocycles. The van der Waals surface area contributed by atoms with Crippen molar-refractivity contribution in [1.29, 1.82) is 0 Å². The van der Waals surface area contributed by atoms with Crippen LogP contribution in [0.5, 0.6) is 5.75 Å². The molecule has 0 unspecified atom stereocenters. The molecule has 150 valence electrons. The molecule has 3 N–H and O–H groups in total. The summed E-state index contributed by atoms with van der Waals surface area (Å²) in [4.78, 5) is 22.6. The molecule has 2 aromatic carbocycles. The van der Waals surface area contributed by atoms with E-state index in [1.165, 1.54) is 6.07 Å². The summed E-state index contributed by atoms with van der Waals surface area (Å²) in [5.41, 5.74) is 7.89. The van der Waals surface area contributed by atoms with Crippen LogP contribution in [-0.4, -0.2) is 23.2 Å². The van der Waals surface area contributed by atoms with Crippen molar-refractivity contribution in [2.24, 2.45) is 0 Å². The molecule has 0 fully saturated rings. The number of nitrogens with one attached hydrogen (secondary N) is 1. The standard InChI is InChI=1S/C20H25N3O5/c1-13-14(11-12-27-17-8-6-5-7-16(17)23(25)26)9-10-15(21)18(13)22-19(24)28-20(2,3)4/h5-10H,11-12,21H2,1-4H3,(H,22,24). The molecule has 0 aliphatic carbocycles. The fourth-order valence-electron chi connectivity index (χ4n) is 2.62. The second-order valence-corrected chi connectivity index (χ2v) is 7.26. The van der Waals surface area contributed by atoms with Gasteiger partial charge in [0.2, 0.25) is 0 Å². The number of nitrogen functional groups attached to an aromatic ring is 1. The van der Waals surface area contributed by atoms with E-state index in [2.05, 4.69) is 5.32 Å². The molecule has 8 nitrogen and oxygen atoms in total. The van der Waals surface area contributed by atoms with Crippen molar-refractivity contribution in [3.8, 4) is 5.75 Å². The maximum absolute atomic E-state index is 12.1. The van der Waals surface area contributed by atoms with Gasteiger partial charge in [0.1, 0.15) is 5.60 Å². The van der Waals surface area contributed by atoms with Crippen molar-refractivity contribution in [2.75, 3.05) is 17.7 Å². The molecule has 0 aromatic heterocycles. The number of rotatable bonds is 6. The molecule has 0 bridgehead atoms. The molecule has 28 heavy (non-hydrogen) atoms. The fourth-order valence-corrected chi connectivity index (χ4v) is 2.62. The molecule has 2 rings (SSSR count). The molecule has 8 heteroatoms. The second-order valence-electron chi connectivity index (χ2n) is 7.26. The molecule has 0 saturated carbocycles. The lowest BCUT2D eigenvalue weighted by Gasteiger charge is -2.21. The normalized spacial score (nSPS) is 11.0. The number of benzene rings is 2. The lowest BCUT2D eigenvalue weighted by atomic mass is 10.0. The largest absolute Gasteiger partial charge is 0.486 e. The quantitative estimate of drug-likeness (QED) is 0.429. The zero-order valence-corrected chi connectivity index (χ0v) is 16.4. The topological polar surface area (TPSA) is 117 Å². The van der Waals surface area contributed by atoms with Crippen molar-refractivity contribution in [2.45, 2.75) is 39.7 Å². The van der Waals surface area contributed by atoms with Gasteiger partial charge in [0.05, 0.1) is 22.9 Å². The van der Waals surface area contributed by atoms with Gasteiger partial charge in [-0.1, -0.05) is 18.2 Å². The number of nitrogens with zero attached hydrogens (tertiary/aromatic N) is 1. The first-order valence-electron chi connectivity index (χ1n) is 8.82. The van der Waals surface area contributed by atoms with Crippen molar-refractivity contribution in [1.82, 2.24) is 0 Å². The Labute approximate surface area is 163 Å². The van der Waals surface area contributed by atoms with Crippen LogP contribution in [0.15, 0.2) is 36.4 Å². The summed E-state index contributed by atoms with van der Waals surface area (Å²) in [5, 5.41) is 13.7. The molecule has 0 heterocycles. The SMILES string of the molecule is Cc1c(CCOc2ccccc2[N+](=O)[O-])ccc(N)c1NC(=O)OC(C)(C)C. The minimum atomic E-state index is -0.622. The van der Waals surface area contributed by atoms with Gasteiger partial charge >= 0.3 is 11.8 Å². The highest BCUT2D eigenvalue weighted by atomic mass is 16.6. The van der Waals surface area contributed by atoms with Crippen molar-refractivity contribution >= 4 is 23.2 Å². The highest BCUT2D eigenvalue weighted by Gasteiger charge is 2.19. The van der Waals surface area contributed by atoms with Crippen LogP contribution in [0.4, 0.5) is 21.9 Å². The molecule has 0 radical (unpaired) electrons. The van der Waals surface area contributed by atoms with Crippen LogP contribution in [-0.2, 0) is 11.2 Å². The van der Waals surface area contributed by atoms with Gasteiger partial charge in [0, 0.05) is 12.5 Å². The van der Waals surface area contributed by atoms with Gasteiger partial charge in [-0.2, -0.15) is 0 Å². The highest BCUT2D eigenvalue weighted by molar-refractivity contribution is 5.91. The van der Waals surface area contributed by atoms with Crippen molar-refractivity contribution < 1.29 is 19.2 Å². The van der Waals surface area contributed by atoms with Crippen LogP contribution in [0.2, 0.25) is 0 Å². The smallest absolute Gasteiger partial charge is 0.412 e. The molecule has 0 atom stereocenters. The minimum absolute atomic E-state index is 0.0798. The Hall–Kier alpha value is -3.29. The van der Waals surface area contributed by atoms with E-state index in [0.29, 0.717) is 17.8 Å². The van der Waals surface area contributed by atoms with Gasteiger partial charge in [0.25, 0.3) is 0 Å². The van der Waals surface area contributed by atoms with E-state index in [1.54, 1.807) is 45.0 Å². The second kappa shape index (κ2) is 8.60. The number of nitro groups is 1. The highest BCUT2D eigenvalue weighted by Crippen LogP contribution is 2.29. The summed E-state index contributed by atoms with van der Waals surface area (Å²) in [7, 11) is 0. The Bertz CT molecular complexity index is 875. The average Bonchev–Trinajstić information content (AvgIpc) is 2.59. The number of para-hydroxylation sites is 2. The van der Waals surface area contributed by atoms with Crippen LogP contribution in [0, 0.1) is 17.0 Å². The Kier molecular flexibility index (Phi) is 6.45. The summed E-state index contributed by atoms with van der Waals surface area (Å²) in [6, 6.07) is 9.76. The van der Waals surface area contributed by atoms with Gasteiger partial charge in [0.15, 0.2) is 5.75 Å². The Morgan fingerprint density at radius 2 is 1.89 bits per heavy atom. The lowest BCUT2D eigenvalue weighted by Crippen LogP contribution is -2.27. The molecule has 2 aromatic rings. The van der Waals surface area contributed by atoms with E-state index < -0.39 is 16.6 Å². The van der Waals surface area contributed by atoms with E-state index in [-0.39, 0.29) is 18.0 Å². The number of nitro benzene ring substituents is 1. The van der Waals surface area contributed by atoms with Gasteiger partial charge in [-0.05, 0) is 51.0 Å². The Morgan fingerprint density at radius 3 is 2.54 bits per heavy atom. The first-order chi connectivity index (χ1) is 13.1. The summed E-state index contributed by atoms with van der Waals surface area (Å²) in [6.45, 7) is 7.41. The fraction of sp³-hybridized carbons (Fsp3) is 0.350. The predicted molar refractivity (Wildman–Crippen MR) is 108 cm³/mol. The zero-order valence-electron chi connectivity index (χ0n) is 16.4. The average molecular weight is 387 g/mol. The summed E-state index contributed by atoms with van der Waals surface area (Å²) in [6.07, 6.45) is -0.100. The first-order valence-corrected chi connectivity index (χ1v) is 8.82. The van der Waals surface area contributed by atoms with Gasteiger partial charge < -0.3 is 15.2 Å². The molecule has 0 aliphatic heterocycles. The van der Waals surface area contributed by atoms with Crippen molar-refractivity contribution in [3.63, 3.8) is 0 Å². The number of carbonyl (C=O) groups excluding carboxylic acids is 1. The van der Waals surface area contributed by atoms with Gasteiger partial charge in [-0.15, -0.1) is 0 Å². The van der Waals surface area contributed by atoms with Crippen LogP contribution < -0.4 is 15.8 Å². The number of carbonyl (C=O) groups is 1. The molecular weight excluding hydrogens is 362 g/mol. The summed E-state index contributed by atoms with van der Waals surface area (Å²) in [5.74, 6) is 0.215. The van der Waals surface area contributed by atoms with E-state index >= 15 is 0 Å². The number of nitrogens with two attached hydrogens (primary N) is 1. The minimum Gasteiger partial charge on any atom is -0.486 e. The zero-order chi connectivity index (χ0) is 20.9. The first kappa shape index (κ1) is 21.0. The van der Waals surface area contributed by atoms with E-state index in [9.17, 15) is 14.9 Å². The molecule has 0 spiro atoms. The molecular formula is C20H25N3O5. The summed E-state index contributed by atoms with van der Waals surface area (Å²) >= 11 is 0. The Balaban J connectivity index is 2.09. The predicted octanol–water partition coefficient (Wildman–Crippen LogP) is 4.45. The third-order valence-corrected chi connectivity index (χ3v) is 3.93. The molecule has 1 amide bonds. The van der Waals surface area contributed by atoms with Crippen LogP contribution in [0.3, 0.4) is 0 Å². The van der Waals surface area contributed by atoms with E-state index in [4.69, 9.17) is 15.2 Å². The van der Waals surface area contributed by atoms with Crippen LogP contribution >= 0.6 is 0 Å². The number of anilines is 2. The number of ether oxygens (including phenoxy) is 2. The lowest BCUT2D eigenvalue weighted by molar-refractivity contribution is -0.385. The Morgan fingerprint density at radius 1 is 1.21 bits per heavy atom. The van der Waals surface area contributed by atoms with Crippen LogP contribution in [0.1, 0.15) is 31.9 Å². The monoisotopic (exact) mass is 387 g/mol. The van der Waals surface area contributed by atoms with E-state index in [0.717, 1.165) is 11.1 Å². The van der Waals surface area contributed by atoms with Crippen LogP contribution in [0.25, 0.3) is 0 Å². The van der Waals surface area contributed by atoms with Gasteiger partial charge in [-0.3, -0.25) is 15.4 Å². The van der Waals surface area contributed by atoms with Crippen molar-refractivity contribution in [3.05, 3.63) is 57.6 Å². The summed E-state index contributed by atoms with van der Waals surface area (Å²) < 4.78 is 10.9. The number of hydrogen-bond donors (Lipinski definition) is 2. The number of hydrogen-bond acceptors (Lipinski definition) is 6. The third kappa shape index (κ3) is 5.60. The van der Waals surface area contributed by atoms with Gasteiger partial charge in [-0.25, -0.2) is 4.79 Å². The maximum Gasteiger partial charge on any atom is 0.412 e. The molecule has 0 aliphatic rings. The third-order valence-electron chi connectivity index (χ3n) is 3.93.